The molecule has 1 aromatic rings. The summed E-state index contributed by atoms with van der Waals surface area (Å²) in [4.78, 5) is 7.73. The molecule has 120 valence electrons. The zero-order chi connectivity index (χ0) is 15.8. The third-order valence-electron chi connectivity index (χ3n) is 3.35. The van der Waals surface area contributed by atoms with Crippen LogP contribution in [-0.4, -0.2) is 52.8 Å². The fraction of sp³-hybridized carbons (Fsp3) is 0.769. The van der Waals surface area contributed by atoms with Crippen molar-refractivity contribution in [3.63, 3.8) is 0 Å². The van der Waals surface area contributed by atoms with E-state index in [1.165, 1.54) is 0 Å². The van der Waals surface area contributed by atoms with Crippen LogP contribution in [0.25, 0.3) is 0 Å². The van der Waals surface area contributed by atoms with Crippen molar-refractivity contribution in [2.45, 2.75) is 38.6 Å². The topological polar surface area (TPSA) is 39.6 Å². The van der Waals surface area contributed by atoms with Crippen LogP contribution in [0.1, 0.15) is 26.5 Å². The maximum Gasteiger partial charge on any atom is 0.434 e. The first-order valence-electron chi connectivity index (χ1n) is 6.80. The summed E-state index contributed by atoms with van der Waals surface area (Å²) >= 11 is 1.03. The third kappa shape index (κ3) is 4.31. The summed E-state index contributed by atoms with van der Waals surface area (Å²) in [5.41, 5.74) is -1.60. The molecule has 1 aliphatic rings. The van der Waals surface area contributed by atoms with Gasteiger partial charge in [-0.15, -0.1) is 11.3 Å². The SMILES string of the molecule is CC1CN(CC(C)(C)O)CCN1c1nc(C(F)(F)F)cs1. The van der Waals surface area contributed by atoms with Gasteiger partial charge in [0.15, 0.2) is 10.8 Å². The summed E-state index contributed by atoms with van der Waals surface area (Å²) in [6, 6.07) is 0.0633. The Balaban J connectivity index is 2.02. The molecule has 1 fully saturated rings. The van der Waals surface area contributed by atoms with Gasteiger partial charge in [-0.3, -0.25) is 4.90 Å². The van der Waals surface area contributed by atoms with Crippen molar-refractivity contribution in [2.75, 3.05) is 31.1 Å². The first kappa shape index (κ1) is 16.5. The van der Waals surface area contributed by atoms with E-state index in [-0.39, 0.29) is 6.04 Å². The molecular weight excluding hydrogens is 303 g/mol. The van der Waals surface area contributed by atoms with Gasteiger partial charge in [0.05, 0.1) is 5.60 Å². The van der Waals surface area contributed by atoms with Crippen LogP contribution in [0.3, 0.4) is 0 Å². The molecule has 0 spiro atoms. The Kier molecular flexibility index (Phi) is 4.51. The van der Waals surface area contributed by atoms with Crippen LogP contribution in [0.4, 0.5) is 18.3 Å². The van der Waals surface area contributed by atoms with Crippen LogP contribution >= 0.6 is 11.3 Å². The fourth-order valence-electron chi connectivity index (χ4n) is 2.53. The first-order chi connectivity index (χ1) is 9.56. The van der Waals surface area contributed by atoms with Gasteiger partial charge in [0, 0.05) is 37.6 Å². The Bertz CT molecular complexity index is 484. The molecule has 21 heavy (non-hydrogen) atoms. The average Bonchev–Trinajstić information content (AvgIpc) is 2.75. The molecule has 0 bridgehead atoms. The third-order valence-corrected chi connectivity index (χ3v) is 4.23. The van der Waals surface area contributed by atoms with Crippen LogP contribution in [0, 0.1) is 0 Å². The number of aromatic nitrogens is 1. The normalized spacial score (nSPS) is 21.9. The summed E-state index contributed by atoms with van der Waals surface area (Å²) in [7, 11) is 0. The maximum atomic E-state index is 12.6. The van der Waals surface area contributed by atoms with Crippen LogP contribution in [0.5, 0.6) is 0 Å². The molecule has 0 aliphatic carbocycles. The maximum absolute atomic E-state index is 12.6. The standard InChI is InChI=1S/C13H20F3N3OS/c1-9-6-18(8-12(2,3)20)4-5-19(9)11-17-10(7-21-11)13(14,15)16/h7,9,20H,4-6,8H2,1-3H3. The lowest BCUT2D eigenvalue weighted by atomic mass is 10.1. The highest BCUT2D eigenvalue weighted by Gasteiger charge is 2.35. The summed E-state index contributed by atoms with van der Waals surface area (Å²) in [5.74, 6) is 0. The number of rotatable bonds is 3. The number of hydrogen-bond acceptors (Lipinski definition) is 5. The average molecular weight is 323 g/mol. The zero-order valence-corrected chi connectivity index (χ0v) is 13.1. The molecular formula is C13H20F3N3OS. The number of β-amino-alcohol motifs (C(OH)–C–C–N with tert-alkyl or cyclic N) is 1. The molecule has 1 atom stereocenters. The van der Waals surface area contributed by atoms with E-state index in [0.29, 0.717) is 31.3 Å². The summed E-state index contributed by atoms with van der Waals surface area (Å²) in [6.45, 7) is 8.03. The minimum Gasteiger partial charge on any atom is -0.389 e. The van der Waals surface area contributed by atoms with Gasteiger partial charge in [-0.2, -0.15) is 13.2 Å². The van der Waals surface area contributed by atoms with Crippen molar-refractivity contribution < 1.29 is 18.3 Å². The number of nitrogens with zero attached hydrogens (tertiary/aromatic N) is 3. The Morgan fingerprint density at radius 1 is 1.38 bits per heavy atom. The molecule has 8 heteroatoms. The van der Waals surface area contributed by atoms with Crippen LogP contribution in [0.2, 0.25) is 0 Å². The monoisotopic (exact) mass is 323 g/mol. The summed E-state index contributed by atoms with van der Waals surface area (Å²) in [5, 5.41) is 11.3. The van der Waals surface area contributed by atoms with Gasteiger partial charge < -0.3 is 10.0 Å². The molecule has 0 amide bonds. The van der Waals surface area contributed by atoms with Crippen LogP contribution in [-0.2, 0) is 6.18 Å². The molecule has 2 heterocycles. The smallest absolute Gasteiger partial charge is 0.389 e. The molecule has 0 radical (unpaired) electrons. The van der Waals surface area contributed by atoms with Gasteiger partial charge in [0.2, 0.25) is 0 Å². The summed E-state index contributed by atoms with van der Waals surface area (Å²) < 4.78 is 37.8. The predicted molar refractivity (Wildman–Crippen MR) is 76.7 cm³/mol. The van der Waals surface area contributed by atoms with Crippen molar-refractivity contribution in [2.24, 2.45) is 0 Å². The van der Waals surface area contributed by atoms with Crippen molar-refractivity contribution in [3.8, 4) is 0 Å². The zero-order valence-electron chi connectivity index (χ0n) is 12.3. The van der Waals surface area contributed by atoms with E-state index in [0.717, 1.165) is 16.7 Å². The van der Waals surface area contributed by atoms with Crippen molar-refractivity contribution >= 4 is 16.5 Å². The fourth-order valence-corrected chi connectivity index (χ4v) is 3.50. The minimum atomic E-state index is -4.39. The Morgan fingerprint density at radius 3 is 2.52 bits per heavy atom. The molecule has 1 unspecified atom stereocenters. The van der Waals surface area contributed by atoms with Gasteiger partial charge in [-0.25, -0.2) is 4.98 Å². The number of halogens is 3. The second-order valence-electron chi connectivity index (χ2n) is 6.10. The second kappa shape index (κ2) is 5.73. The highest BCUT2D eigenvalue weighted by Crippen LogP contribution is 2.34. The number of piperazine rings is 1. The number of aliphatic hydroxyl groups is 1. The van der Waals surface area contributed by atoms with Crippen molar-refractivity contribution in [1.82, 2.24) is 9.88 Å². The number of thiazole rings is 1. The molecule has 1 aliphatic heterocycles. The lowest BCUT2D eigenvalue weighted by Gasteiger charge is -2.41. The van der Waals surface area contributed by atoms with E-state index in [9.17, 15) is 18.3 Å². The van der Waals surface area contributed by atoms with E-state index in [4.69, 9.17) is 0 Å². The van der Waals surface area contributed by atoms with E-state index in [2.05, 4.69) is 9.88 Å². The van der Waals surface area contributed by atoms with E-state index >= 15 is 0 Å². The molecule has 1 aromatic heterocycles. The Hall–Kier alpha value is -0.860. The second-order valence-corrected chi connectivity index (χ2v) is 6.94. The molecule has 0 aromatic carbocycles. The molecule has 1 saturated heterocycles. The lowest BCUT2D eigenvalue weighted by Crippen LogP contribution is -2.54. The minimum absolute atomic E-state index is 0.0633. The predicted octanol–water partition coefficient (Wildman–Crippen LogP) is 2.44. The molecule has 2 rings (SSSR count). The van der Waals surface area contributed by atoms with Crippen molar-refractivity contribution in [1.29, 1.82) is 0 Å². The van der Waals surface area contributed by atoms with E-state index in [1.54, 1.807) is 13.8 Å². The Morgan fingerprint density at radius 2 is 2.05 bits per heavy atom. The van der Waals surface area contributed by atoms with Gasteiger partial charge in [-0.1, -0.05) is 0 Å². The van der Waals surface area contributed by atoms with E-state index < -0.39 is 17.5 Å². The highest BCUT2D eigenvalue weighted by atomic mass is 32.1. The van der Waals surface area contributed by atoms with Crippen LogP contribution < -0.4 is 4.90 Å². The number of hydrogen-bond donors (Lipinski definition) is 1. The van der Waals surface area contributed by atoms with Gasteiger partial charge >= 0.3 is 6.18 Å². The quantitative estimate of drug-likeness (QED) is 0.927. The highest BCUT2D eigenvalue weighted by molar-refractivity contribution is 7.13. The molecule has 4 nitrogen and oxygen atoms in total. The largest absolute Gasteiger partial charge is 0.434 e. The Labute approximate surface area is 126 Å². The van der Waals surface area contributed by atoms with Crippen molar-refractivity contribution in [3.05, 3.63) is 11.1 Å². The number of anilines is 1. The summed E-state index contributed by atoms with van der Waals surface area (Å²) in [6.07, 6.45) is -4.39. The van der Waals surface area contributed by atoms with Crippen LogP contribution in [0.15, 0.2) is 5.38 Å². The first-order valence-corrected chi connectivity index (χ1v) is 7.68. The molecule has 1 N–H and O–H groups in total. The van der Waals surface area contributed by atoms with Gasteiger partial charge in [0.1, 0.15) is 0 Å². The van der Waals surface area contributed by atoms with Gasteiger partial charge in [-0.05, 0) is 20.8 Å². The van der Waals surface area contributed by atoms with E-state index in [1.807, 2.05) is 11.8 Å². The van der Waals surface area contributed by atoms with Gasteiger partial charge in [0.25, 0.3) is 0 Å². The number of alkyl halides is 3. The lowest BCUT2D eigenvalue weighted by molar-refractivity contribution is -0.140. The molecule has 0 saturated carbocycles.